The highest BCUT2D eigenvalue weighted by Crippen LogP contribution is 2.39. The molecule has 134 valence electrons. The molecule has 1 atom stereocenters. The first kappa shape index (κ1) is 17.0. The topological polar surface area (TPSA) is 89.3 Å². The maximum atomic E-state index is 13.3. The van der Waals surface area contributed by atoms with Gasteiger partial charge in [0, 0.05) is 32.4 Å². The van der Waals surface area contributed by atoms with Crippen molar-refractivity contribution >= 4 is 15.7 Å². The van der Waals surface area contributed by atoms with Gasteiger partial charge in [-0.15, -0.1) is 0 Å². The van der Waals surface area contributed by atoms with Crippen LogP contribution in [0.2, 0.25) is 0 Å². The van der Waals surface area contributed by atoms with Crippen LogP contribution in [-0.4, -0.2) is 51.0 Å². The number of nitriles is 1. The highest BCUT2D eigenvalue weighted by atomic mass is 32.2. The van der Waals surface area contributed by atoms with Crippen LogP contribution in [0.4, 0.5) is 5.69 Å². The summed E-state index contributed by atoms with van der Waals surface area (Å²) in [4.78, 5) is 6.90. The van der Waals surface area contributed by atoms with Crippen LogP contribution in [0.15, 0.2) is 47.5 Å². The van der Waals surface area contributed by atoms with E-state index in [2.05, 4.69) is 15.2 Å². The van der Waals surface area contributed by atoms with Gasteiger partial charge in [0.15, 0.2) is 0 Å². The minimum Gasteiger partial charge on any atom is -0.314 e. The van der Waals surface area contributed by atoms with Crippen LogP contribution in [0.3, 0.4) is 0 Å². The Morgan fingerprint density at radius 1 is 1.19 bits per heavy atom. The molecular weight excluding hydrogens is 350 g/mol. The molecule has 0 amide bonds. The monoisotopic (exact) mass is 369 g/mol. The summed E-state index contributed by atoms with van der Waals surface area (Å²) in [7, 11) is -3.76. The number of anilines is 1. The molecule has 26 heavy (non-hydrogen) atoms. The predicted molar refractivity (Wildman–Crippen MR) is 97.1 cm³/mol. The quantitative estimate of drug-likeness (QED) is 0.872. The smallest absolute Gasteiger partial charge is 0.264 e. The van der Waals surface area contributed by atoms with Gasteiger partial charge < -0.3 is 5.32 Å². The van der Waals surface area contributed by atoms with Crippen molar-refractivity contribution in [1.82, 2.24) is 15.2 Å². The van der Waals surface area contributed by atoms with Gasteiger partial charge in [0.25, 0.3) is 10.0 Å². The van der Waals surface area contributed by atoms with Crippen molar-refractivity contribution in [1.29, 1.82) is 5.26 Å². The SMILES string of the molecule is N#Cc1cccc(S(=O)(=O)N2CC(N3CCNCC3)c3ncccc32)c1. The fourth-order valence-electron chi connectivity index (χ4n) is 3.58. The summed E-state index contributed by atoms with van der Waals surface area (Å²) in [5, 5.41) is 12.4. The number of sulfonamides is 1. The zero-order valence-corrected chi connectivity index (χ0v) is 15.0. The van der Waals surface area contributed by atoms with E-state index in [1.807, 2.05) is 6.07 Å². The van der Waals surface area contributed by atoms with Gasteiger partial charge in [-0.3, -0.25) is 14.2 Å². The second kappa shape index (κ2) is 6.68. The van der Waals surface area contributed by atoms with Crippen LogP contribution in [0.1, 0.15) is 17.3 Å². The standard InChI is InChI=1S/C18H19N5O2S/c19-12-14-3-1-4-15(11-14)26(24,25)23-13-17(22-9-7-20-8-10-22)18-16(23)5-2-6-21-18/h1-6,11,17,20H,7-10,13H2. The summed E-state index contributed by atoms with van der Waals surface area (Å²) in [6, 6.07) is 11.7. The molecule has 1 N–H and O–H groups in total. The third-order valence-electron chi connectivity index (χ3n) is 4.88. The molecule has 1 aromatic carbocycles. The fraction of sp³-hybridized carbons (Fsp3) is 0.333. The van der Waals surface area contributed by atoms with E-state index < -0.39 is 10.0 Å². The van der Waals surface area contributed by atoms with Crippen LogP contribution in [0.25, 0.3) is 0 Å². The van der Waals surface area contributed by atoms with E-state index in [1.54, 1.807) is 30.5 Å². The third kappa shape index (κ3) is 2.84. The number of aromatic nitrogens is 1. The van der Waals surface area contributed by atoms with Gasteiger partial charge in [-0.25, -0.2) is 8.42 Å². The first-order chi connectivity index (χ1) is 12.6. The second-order valence-electron chi connectivity index (χ2n) is 6.39. The number of fused-ring (bicyclic) bond motifs is 1. The maximum absolute atomic E-state index is 13.3. The third-order valence-corrected chi connectivity index (χ3v) is 6.66. The molecule has 0 bridgehead atoms. The number of benzene rings is 1. The predicted octanol–water partition coefficient (Wildman–Crippen LogP) is 1.11. The van der Waals surface area contributed by atoms with Crippen LogP contribution in [0, 0.1) is 11.3 Å². The molecule has 0 spiro atoms. The summed E-state index contributed by atoms with van der Waals surface area (Å²) in [5.41, 5.74) is 1.75. The number of hydrogen-bond donors (Lipinski definition) is 1. The van der Waals surface area contributed by atoms with E-state index in [9.17, 15) is 8.42 Å². The van der Waals surface area contributed by atoms with Crippen LogP contribution < -0.4 is 9.62 Å². The summed E-state index contributed by atoms with van der Waals surface area (Å²) in [6.45, 7) is 3.83. The fourth-order valence-corrected chi connectivity index (χ4v) is 5.11. The highest BCUT2D eigenvalue weighted by molar-refractivity contribution is 7.92. The van der Waals surface area contributed by atoms with Gasteiger partial charge in [0.05, 0.1) is 40.5 Å². The number of rotatable bonds is 3. The molecule has 4 rings (SSSR count). The molecule has 7 nitrogen and oxygen atoms in total. The van der Waals surface area contributed by atoms with E-state index in [1.165, 1.54) is 16.4 Å². The van der Waals surface area contributed by atoms with Gasteiger partial charge in [-0.2, -0.15) is 5.26 Å². The van der Waals surface area contributed by atoms with Gasteiger partial charge in [-0.1, -0.05) is 6.07 Å². The molecule has 8 heteroatoms. The Hall–Kier alpha value is -2.47. The van der Waals surface area contributed by atoms with E-state index >= 15 is 0 Å². The molecule has 2 aliphatic heterocycles. The molecule has 2 aliphatic rings. The number of hydrogen-bond acceptors (Lipinski definition) is 6. The van der Waals surface area contributed by atoms with Crippen molar-refractivity contribution in [3.63, 3.8) is 0 Å². The maximum Gasteiger partial charge on any atom is 0.264 e. The van der Waals surface area contributed by atoms with Crippen LogP contribution in [-0.2, 0) is 10.0 Å². The Balaban J connectivity index is 1.74. The zero-order chi connectivity index (χ0) is 18.1. The lowest BCUT2D eigenvalue weighted by atomic mass is 10.1. The molecular formula is C18H19N5O2S. The van der Waals surface area contributed by atoms with E-state index in [0.717, 1.165) is 31.9 Å². The number of nitrogens with one attached hydrogen (secondary N) is 1. The van der Waals surface area contributed by atoms with Gasteiger partial charge >= 0.3 is 0 Å². The Kier molecular flexibility index (Phi) is 4.36. The normalized spacial score (nSPS) is 20.6. The first-order valence-corrected chi connectivity index (χ1v) is 9.98. The van der Waals surface area contributed by atoms with E-state index in [0.29, 0.717) is 17.8 Å². The lowest BCUT2D eigenvalue weighted by Gasteiger charge is -2.32. The minimum atomic E-state index is -3.76. The van der Waals surface area contributed by atoms with Crippen molar-refractivity contribution in [2.24, 2.45) is 0 Å². The Labute approximate surface area is 152 Å². The lowest BCUT2D eigenvalue weighted by molar-refractivity contribution is 0.181. The van der Waals surface area contributed by atoms with E-state index in [4.69, 9.17) is 5.26 Å². The Morgan fingerprint density at radius 2 is 2.00 bits per heavy atom. The number of piperazine rings is 1. The number of nitrogens with zero attached hydrogens (tertiary/aromatic N) is 4. The van der Waals surface area contributed by atoms with Gasteiger partial charge in [0.2, 0.25) is 0 Å². The number of pyridine rings is 1. The van der Waals surface area contributed by atoms with Crippen molar-refractivity contribution in [3.05, 3.63) is 53.9 Å². The summed E-state index contributed by atoms with van der Waals surface area (Å²) in [5.74, 6) is 0. The van der Waals surface area contributed by atoms with Crippen molar-refractivity contribution in [3.8, 4) is 6.07 Å². The molecule has 3 heterocycles. The van der Waals surface area contributed by atoms with Crippen molar-refractivity contribution < 1.29 is 8.42 Å². The molecule has 1 unspecified atom stereocenters. The average molecular weight is 369 g/mol. The molecule has 1 saturated heterocycles. The molecule has 1 fully saturated rings. The molecule has 0 radical (unpaired) electrons. The Bertz CT molecular complexity index is 964. The molecule has 2 aromatic rings. The highest BCUT2D eigenvalue weighted by Gasteiger charge is 2.40. The molecule has 0 aliphatic carbocycles. The Morgan fingerprint density at radius 3 is 2.77 bits per heavy atom. The molecule has 0 saturated carbocycles. The summed E-state index contributed by atoms with van der Waals surface area (Å²) < 4.78 is 27.9. The lowest BCUT2D eigenvalue weighted by Crippen LogP contribution is -2.46. The summed E-state index contributed by atoms with van der Waals surface area (Å²) in [6.07, 6.45) is 1.71. The first-order valence-electron chi connectivity index (χ1n) is 8.54. The van der Waals surface area contributed by atoms with Crippen LogP contribution in [0.5, 0.6) is 0 Å². The molecule has 1 aromatic heterocycles. The summed E-state index contributed by atoms with van der Waals surface area (Å²) >= 11 is 0. The largest absolute Gasteiger partial charge is 0.314 e. The minimum absolute atomic E-state index is 0.0535. The van der Waals surface area contributed by atoms with Crippen LogP contribution >= 0.6 is 0 Å². The van der Waals surface area contributed by atoms with Crippen molar-refractivity contribution in [2.75, 3.05) is 37.0 Å². The van der Waals surface area contributed by atoms with Gasteiger partial charge in [-0.05, 0) is 30.3 Å². The second-order valence-corrected chi connectivity index (χ2v) is 8.25. The van der Waals surface area contributed by atoms with Crippen molar-refractivity contribution in [2.45, 2.75) is 10.9 Å². The average Bonchev–Trinajstić information content (AvgIpc) is 3.09. The van der Waals surface area contributed by atoms with Gasteiger partial charge in [0.1, 0.15) is 0 Å². The van der Waals surface area contributed by atoms with E-state index in [-0.39, 0.29) is 10.9 Å². The zero-order valence-electron chi connectivity index (χ0n) is 14.2.